The molecule has 1 N–H and O–H groups in total. The molecule has 1 fully saturated rings. The van der Waals surface area contributed by atoms with Gasteiger partial charge in [-0.05, 0) is 59.8 Å². The molecular weight excluding hydrogens is 466 g/mol. The summed E-state index contributed by atoms with van der Waals surface area (Å²) >= 11 is 0.844. The molecule has 35 heavy (non-hydrogen) atoms. The molecule has 0 spiro atoms. The Bertz CT molecular complexity index is 1550. The van der Waals surface area contributed by atoms with Crippen LogP contribution < -0.4 is 20.3 Å². The van der Waals surface area contributed by atoms with Crippen molar-refractivity contribution in [3.05, 3.63) is 99.4 Å². The number of thioether (sulfide) groups is 1. The van der Waals surface area contributed by atoms with Gasteiger partial charge in [-0.2, -0.15) is 0 Å². The number of nitrogens with one attached hydrogen (secondary N) is 1. The van der Waals surface area contributed by atoms with E-state index in [0.717, 1.165) is 11.8 Å². The molecule has 0 bridgehead atoms. The van der Waals surface area contributed by atoms with Crippen molar-refractivity contribution in [1.29, 1.82) is 0 Å². The molecule has 2 heterocycles. The summed E-state index contributed by atoms with van der Waals surface area (Å²) in [5.41, 5.74) is 1.76. The highest BCUT2D eigenvalue weighted by atomic mass is 32.2. The fourth-order valence-electron chi connectivity index (χ4n) is 3.73. The van der Waals surface area contributed by atoms with Crippen LogP contribution in [-0.2, 0) is 11.4 Å². The minimum Gasteiger partial charge on any atom is -0.493 e. The van der Waals surface area contributed by atoms with Crippen molar-refractivity contribution in [2.45, 2.75) is 6.61 Å². The van der Waals surface area contributed by atoms with Crippen LogP contribution in [0.15, 0.2) is 82.5 Å². The van der Waals surface area contributed by atoms with Crippen molar-refractivity contribution >= 4 is 39.9 Å². The Labute approximate surface area is 204 Å². The summed E-state index contributed by atoms with van der Waals surface area (Å²) in [6, 6.07) is 21.6. The van der Waals surface area contributed by atoms with Crippen LogP contribution in [0.25, 0.3) is 22.7 Å². The van der Waals surface area contributed by atoms with E-state index in [-0.39, 0.29) is 12.2 Å². The third-order valence-electron chi connectivity index (χ3n) is 5.34. The monoisotopic (exact) mass is 485 g/mol. The van der Waals surface area contributed by atoms with E-state index in [0.29, 0.717) is 44.4 Å². The number of fused-ring (bicyclic) bond motifs is 1. The third kappa shape index (κ3) is 4.53. The number of rotatable bonds is 6. The maximum Gasteiger partial charge on any atom is 0.290 e. The zero-order chi connectivity index (χ0) is 24.4. The summed E-state index contributed by atoms with van der Waals surface area (Å²) in [5, 5.41) is 2.34. The Morgan fingerprint density at radius 2 is 1.74 bits per heavy atom. The average molecular weight is 486 g/mol. The van der Waals surface area contributed by atoms with Crippen molar-refractivity contribution in [1.82, 2.24) is 14.9 Å². The van der Waals surface area contributed by atoms with E-state index in [1.165, 1.54) is 7.11 Å². The van der Waals surface area contributed by atoms with Gasteiger partial charge in [0.1, 0.15) is 6.61 Å². The fourth-order valence-corrected chi connectivity index (χ4v) is 4.41. The molecule has 0 atom stereocenters. The highest BCUT2D eigenvalue weighted by Gasteiger charge is 2.25. The standard InChI is InChI=1S/C26H19N3O5S/c1-33-21-13-16(14-22-24(30)28-26(32)35-22)11-12-20(21)34-15-23-27-19-10-6-5-9-18(19)25(31)29(23)17-7-3-2-4-8-17/h2-14H,15H2,1H3,(H,28,30,32)/b22-14+. The van der Waals surface area contributed by atoms with Crippen LogP contribution in [0.3, 0.4) is 0 Å². The minimum atomic E-state index is -0.430. The molecule has 9 heteroatoms. The molecule has 0 unspecified atom stereocenters. The van der Waals surface area contributed by atoms with Gasteiger partial charge in [0.15, 0.2) is 17.3 Å². The second-order valence-electron chi connectivity index (χ2n) is 7.57. The van der Waals surface area contributed by atoms with Crippen molar-refractivity contribution < 1.29 is 19.1 Å². The van der Waals surface area contributed by atoms with Gasteiger partial charge >= 0.3 is 0 Å². The fraction of sp³-hybridized carbons (Fsp3) is 0.0769. The Morgan fingerprint density at radius 1 is 0.971 bits per heavy atom. The van der Waals surface area contributed by atoms with Gasteiger partial charge in [-0.3, -0.25) is 24.3 Å². The Balaban J connectivity index is 1.48. The Morgan fingerprint density at radius 3 is 2.49 bits per heavy atom. The van der Waals surface area contributed by atoms with Gasteiger partial charge in [-0.25, -0.2) is 4.98 Å². The van der Waals surface area contributed by atoms with E-state index in [1.807, 2.05) is 42.5 Å². The van der Waals surface area contributed by atoms with Crippen LogP contribution in [-0.4, -0.2) is 27.8 Å². The predicted octanol–water partition coefficient (Wildman–Crippen LogP) is 4.30. The Hall–Kier alpha value is -4.37. The summed E-state index contributed by atoms with van der Waals surface area (Å²) in [6.45, 7) is 0.0124. The van der Waals surface area contributed by atoms with Crippen LogP contribution >= 0.6 is 11.8 Å². The lowest BCUT2D eigenvalue weighted by molar-refractivity contribution is -0.115. The van der Waals surface area contributed by atoms with E-state index in [9.17, 15) is 14.4 Å². The first-order valence-corrected chi connectivity index (χ1v) is 11.5. The van der Waals surface area contributed by atoms with Crippen LogP contribution in [0.5, 0.6) is 11.5 Å². The highest BCUT2D eigenvalue weighted by Crippen LogP contribution is 2.32. The minimum absolute atomic E-state index is 0.0124. The molecule has 0 saturated carbocycles. The number of carbonyl (C=O) groups excluding carboxylic acids is 2. The normalized spacial score (nSPS) is 14.4. The summed E-state index contributed by atoms with van der Waals surface area (Å²) < 4.78 is 13.1. The first kappa shape index (κ1) is 22.4. The van der Waals surface area contributed by atoms with Crippen LogP contribution in [0.4, 0.5) is 4.79 Å². The van der Waals surface area contributed by atoms with Gasteiger partial charge in [-0.15, -0.1) is 0 Å². The molecule has 5 rings (SSSR count). The number of ether oxygens (including phenoxy) is 2. The molecule has 1 aliphatic heterocycles. The van der Waals surface area contributed by atoms with E-state index in [1.54, 1.807) is 41.0 Å². The lowest BCUT2D eigenvalue weighted by Crippen LogP contribution is -2.25. The van der Waals surface area contributed by atoms with Crippen LogP contribution in [0, 0.1) is 0 Å². The number of imide groups is 1. The number of para-hydroxylation sites is 2. The first-order valence-electron chi connectivity index (χ1n) is 10.7. The summed E-state index contributed by atoms with van der Waals surface area (Å²) in [4.78, 5) is 41.5. The molecular formula is C26H19N3O5S. The molecule has 4 aromatic rings. The van der Waals surface area contributed by atoms with Gasteiger partial charge in [0, 0.05) is 0 Å². The van der Waals surface area contributed by atoms with Gasteiger partial charge in [0.2, 0.25) is 0 Å². The van der Waals surface area contributed by atoms with E-state index < -0.39 is 11.1 Å². The van der Waals surface area contributed by atoms with Crippen molar-refractivity contribution in [2.75, 3.05) is 7.11 Å². The number of hydrogen-bond acceptors (Lipinski definition) is 7. The summed E-state index contributed by atoms with van der Waals surface area (Å²) in [5.74, 6) is 0.881. The lowest BCUT2D eigenvalue weighted by atomic mass is 10.2. The highest BCUT2D eigenvalue weighted by molar-refractivity contribution is 8.18. The van der Waals surface area contributed by atoms with Crippen molar-refractivity contribution in [2.24, 2.45) is 0 Å². The zero-order valence-electron chi connectivity index (χ0n) is 18.6. The molecule has 1 saturated heterocycles. The van der Waals surface area contributed by atoms with E-state index in [4.69, 9.17) is 14.5 Å². The van der Waals surface area contributed by atoms with Crippen molar-refractivity contribution in [3.63, 3.8) is 0 Å². The number of amides is 2. The molecule has 174 valence electrons. The average Bonchev–Trinajstić information content (AvgIpc) is 3.19. The molecule has 8 nitrogen and oxygen atoms in total. The molecule has 3 aromatic carbocycles. The largest absolute Gasteiger partial charge is 0.493 e. The van der Waals surface area contributed by atoms with Gasteiger partial charge in [0.25, 0.3) is 16.7 Å². The number of carbonyl (C=O) groups is 2. The number of benzene rings is 3. The molecule has 1 aromatic heterocycles. The topological polar surface area (TPSA) is 99.5 Å². The van der Waals surface area contributed by atoms with Gasteiger partial charge in [0.05, 0.1) is 28.6 Å². The van der Waals surface area contributed by atoms with Crippen LogP contribution in [0.2, 0.25) is 0 Å². The Kier molecular flexibility index (Phi) is 6.07. The number of methoxy groups -OCH3 is 1. The molecule has 1 aliphatic rings. The van der Waals surface area contributed by atoms with E-state index >= 15 is 0 Å². The number of aromatic nitrogens is 2. The van der Waals surface area contributed by atoms with Gasteiger partial charge in [-0.1, -0.05) is 36.4 Å². The van der Waals surface area contributed by atoms with Gasteiger partial charge < -0.3 is 9.47 Å². The summed E-state index contributed by atoms with van der Waals surface area (Å²) in [6.07, 6.45) is 1.61. The first-order chi connectivity index (χ1) is 17.0. The second kappa shape index (κ2) is 9.47. The molecule has 0 radical (unpaired) electrons. The lowest BCUT2D eigenvalue weighted by Gasteiger charge is -2.16. The summed E-state index contributed by atoms with van der Waals surface area (Å²) in [7, 11) is 1.51. The van der Waals surface area contributed by atoms with Crippen LogP contribution in [0.1, 0.15) is 11.4 Å². The second-order valence-corrected chi connectivity index (χ2v) is 8.59. The smallest absolute Gasteiger partial charge is 0.290 e. The maximum atomic E-state index is 13.3. The zero-order valence-corrected chi connectivity index (χ0v) is 19.4. The molecule has 0 aliphatic carbocycles. The maximum absolute atomic E-state index is 13.3. The van der Waals surface area contributed by atoms with Crippen molar-refractivity contribution in [3.8, 4) is 17.2 Å². The quantitative estimate of drug-likeness (QED) is 0.407. The van der Waals surface area contributed by atoms with E-state index in [2.05, 4.69) is 5.32 Å². The number of nitrogens with zero attached hydrogens (tertiary/aromatic N) is 2. The third-order valence-corrected chi connectivity index (χ3v) is 6.15. The predicted molar refractivity (Wildman–Crippen MR) is 134 cm³/mol. The molecule has 2 amide bonds. The SMILES string of the molecule is COc1cc(/C=C2/SC(=O)NC2=O)ccc1OCc1nc2ccccc2c(=O)n1-c1ccccc1. The number of hydrogen-bond donors (Lipinski definition) is 1.